The maximum atomic E-state index is 10.2. The second-order valence-electron chi connectivity index (χ2n) is 4.21. The van der Waals surface area contributed by atoms with E-state index in [9.17, 15) is 5.11 Å². The summed E-state index contributed by atoms with van der Waals surface area (Å²) in [7, 11) is 0. The molecule has 1 nitrogen and oxygen atoms in total. The minimum Gasteiger partial charge on any atom is -0.388 e. The smallest absolute Gasteiger partial charge is 0.0844 e. The molecule has 2 aromatic carbocycles. The number of aliphatic hydroxyl groups excluding tert-OH is 1. The van der Waals surface area contributed by atoms with Crippen molar-refractivity contribution in [3.63, 3.8) is 0 Å². The summed E-state index contributed by atoms with van der Waals surface area (Å²) in [5.41, 5.74) is 2.70. The van der Waals surface area contributed by atoms with Gasteiger partial charge in [0.25, 0.3) is 0 Å². The Morgan fingerprint density at radius 2 is 1.67 bits per heavy atom. The molecule has 18 heavy (non-hydrogen) atoms. The molecule has 0 aliphatic rings. The summed E-state index contributed by atoms with van der Waals surface area (Å²) in [5.74, 6) is 0. The molecule has 0 aromatic heterocycles. The van der Waals surface area contributed by atoms with Gasteiger partial charge in [0.15, 0.2) is 0 Å². The third-order valence-electron chi connectivity index (χ3n) is 2.89. The molecule has 2 aromatic rings. The Kier molecular flexibility index (Phi) is 4.19. The van der Waals surface area contributed by atoms with Crippen LogP contribution >= 0.6 is 11.6 Å². The minimum atomic E-state index is -0.619. The van der Waals surface area contributed by atoms with Crippen molar-refractivity contribution in [2.75, 3.05) is 0 Å². The zero-order chi connectivity index (χ0) is 13.0. The quantitative estimate of drug-likeness (QED) is 0.857. The van der Waals surface area contributed by atoms with Gasteiger partial charge < -0.3 is 5.11 Å². The predicted molar refractivity (Wildman–Crippen MR) is 76.5 cm³/mol. The van der Waals surface area contributed by atoms with E-state index in [-0.39, 0.29) is 0 Å². The summed E-state index contributed by atoms with van der Waals surface area (Å²) >= 11 is 6.06. The summed E-state index contributed by atoms with van der Waals surface area (Å²) in [6, 6.07) is 17.2. The van der Waals surface area contributed by atoms with Crippen molar-refractivity contribution in [2.45, 2.75) is 12.5 Å². The van der Waals surface area contributed by atoms with Gasteiger partial charge in [-0.2, -0.15) is 0 Å². The first-order valence-corrected chi connectivity index (χ1v) is 6.22. The number of aliphatic hydroxyl groups is 1. The minimum absolute atomic E-state index is 0.480. The lowest BCUT2D eigenvalue weighted by Gasteiger charge is -2.14. The third kappa shape index (κ3) is 3.00. The second kappa shape index (κ2) is 5.85. The highest BCUT2D eigenvalue weighted by Gasteiger charge is 2.12. The van der Waals surface area contributed by atoms with E-state index in [0.29, 0.717) is 11.4 Å². The van der Waals surface area contributed by atoms with Crippen molar-refractivity contribution < 1.29 is 5.11 Å². The Morgan fingerprint density at radius 3 is 2.33 bits per heavy atom. The monoisotopic (exact) mass is 258 g/mol. The predicted octanol–water partition coefficient (Wildman–Crippen LogP) is 4.48. The van der Waals surface area contributed by atoms with Gasteiger partial charge in [-0.1, -0.05) is 66.7 Å². The second-order valence-corrected chi connectivity index (χ2v) is 4.62. The molecular weight excluding hydrogens is 244 g/mol. The fourth-order valence-corrected chi connectivity index (χ4v) is 2.14. The number of halogens is 1. The average molecular weight is 259 g/mol. The van der Waals surface area contributed by atoms with E-state index in [1.807, 2.05) is 48.5 Å². The largest absolute Gasteiger partial charge is 0.388 e. The molecule has 1 unspecified atom stereocenters. The van der Waals surface area contributed by atoms with Crippen molar-refractivity contribution in [1.82, 2.24) is 0 Å². The van der Waals surface area contributed by atoms with Crippen LogP contribution in [0.15, 0.2) is 61.2 Å². The van der Waals surface area contributed by atoms with E-state index in [1.165, 1.54) is 0 Å². The molecule has 92 valence electrons. The van der Waals surface area contributed by atoms with Crippen LogP contribution in [0.1, 0.15) is 23.7 Å². The molecule has 0 aliphatic heterocycles. The van der Waals surface area contributed by atoms with Gasteiger partial charge in [-0.3, -0.25) is 0 Å². The van der Waals surface area contributed by atoms with Gasteiger partial charge in [0, 0.05) is 11.4 Å². The van der Waals surface area contributed by atoms with Crippen LogP contribution in [0.2, 0.25) is 5.02 Å². The van der Waals surface area contributed by atoms with Crippen LogP contribution in [0.25, 0.3) is 5.57 Å². The Bertz CT molecular complexity index is 534. The normalized spacial score (nSPS) is 12.1. The average Bonchev–Trinajstić information content (AvgIpc) is 2.40. The molecule has 1 atom stereocenters. The first-order chi connectivity index (χ1) is 8.68. The van der Waals surface area contributed by atoms with Gasteiger partial charge in [0.1, 0.15) is 0 Å². The fraction of sp³-hybridized carbons (Fsp3) is 0.125. The maximum absolute atomic E-state index is 10.2. The van der Waals surface area contributed by atoms with Crippen molar-refractivity contribution >= 4 is 17.2 Å². The molecule has 1 N–H and O–H groups in total. The number of hydrogen-bond acceptors (Lipinski definition) is 1. The maximum Gasteiger partial charge on any atom is 0.0844 e. The zero-order valence-corrected chi connectivity index (χ0v) is 10.8. The lowest BCUT2D eigenvalue weighted by Crippen LogP contribution is -1.99. The van der Waals surface area contributed by atoms with E-state index in [1.54, 1.807) is 6.07 Å². The Morgan fingerprint density at radius 1 is 1.06 bits per heavy atom. The molecule has 0 heterocycles. The lowest BCUT2D eigenvalue weighted by molar-refractivity contribution is 0.184. The molecule has 2 heteroatoms. The van der Waals surface area contributed by atoms with E-state index >= 15 is 0 Å². The van der Waals surface area contributed by atoms with E-state index in [2.05, 4.69) is 6.58 Å². The van der Waals surface area contributed by atoms with Gasteiger partial charge in [0.2, 0.25) is 0 Å². The van der Waals surface area contributed by atoms with Crippen molar-refractivity contribution in [2.24, 2.45) is 0 Å². The number of hydrogen-bond donors (Lipinski definition) is 1. The molecule has 0 amide bonds. The molecule has 0 radical (unpaired) electrons. The van der Waals surface area contributed by atoms with Crippen LogP contribution in [0, 0.1) is 0 Å². The molecule has 0 fully saturated rings. The molecular formula is C16H15ClO. The molecule has 0 saturated carbocycles. The van der Waals surface area contributed by atoms with Crippen molar-refractivity contribution in [3.8, 4) is 0 Å². The highest BCUT2D eigenvalue weighted by atomic mass is 35.5. The van der Waals surface area contributed by atoms with Crippen LogP contribution in [0.4, 0.5) is 0 Å². The highest BCUT2D eigenvalue weighted by molar-refractivity contribution is 6.31. The SMILES string of the molecule is C=C(CC(O)c1ccccc1Cl)c1ccccc1. The van der Waals surface area contributed by atoms with Crippen LogP contribution in [0.3, 0.4) is 0 Å². The Labute approximate surface area is 112 Å². The fourth-order valence-electron chi connectivity index (χ4n) is 1.88. The van der Waals surface area contributed by atoms with E-state index < -0.39 is 6.10 Å². The number of benzene rings is 2. The van der Waals surface area contributed by atoms with Crippen LogP contribution < -0.4 is 0 Å². The number of rotatable bonds is 4. The summed E-state index contributed by atoms with van der Waals surface area (Å²) in [4.78, 5) is 0. The van der Waals surface area contributed by atoms with Crippen LogP contribution in [-0.4, -0.2) is 5.11 Å². The molecule has 0 spiro atoms. The topological polar surface area (TPSA) is 20.2 Å². The highest BCUT2D eigenvalue weighted by Crippen LogP contribution is 2.29. The summed E-state index contributed by atoms with van der Waals surface area (Å²) in [6.45, 7) is 4.02. The van der Waals surface area contributed by atoms with Gasteiger partial charge in [-0.25, -0.2) is 0 Å². The summed E-state index contributed by atoms with van der Waals surface area (Å²) in [6.07, 6.45) is -0.139. The van der Waals surface area contributed by atoms with Gasteiger partial charge in [-0.05, 0) is 22.8 Å². The van der Waals surface area contributed by atoms with Crippen LogP contribution in [0.5, 0.6) is 0 Å². The standard InChI is InChI=1S/C16H15ClO/c1-12(13-7-3-2-4-8-13)11-16(18)14-9-5-6-10-15(14)17/h2-10,16,18H,1,11H2. The summed E-state index contributed by atoms with van der Waals surface area (Å²) in [5, 5.41) is 10.8. The Hall–Kier alpha value is -1.57. The van der Waals surface area contributed by atoms with Crippen molar-refractivity contribution in [3.05, 3.63) is 77.3 Å². The van der Waals surface area contributed by atoms with Gasteiger partial charge in [-0.15, -0.1) is 0 Å². The first kappa shape index (κ1) is 12.9. The zero-order valence-electron chi connectivity index (χ0n) is 10.0. The van der Waals surface area contributed by atoms with Gasteiger partial charge in [0.05, 0.1) is 6.10 Å². The van der Waals surface area contributed by atoms with Crippen LogP contribution in [-0.2, 0) is 0 Å². The van der Waals surface area contributed by atoms with Crippen molar-refractivity contribution in [1.29, 1.82) is 0 Å². The Balaban J connectivity index is 2.11. The van der Waals surface area contributed by atoms with E-state index in [0.717, 1.165) is 16.7 Å². The van der Waals surface area contributed by atoms with E-state index in [4.69, 9.17) is 11.6 Å². The summed E-state index contributed by atoms with van der Waals surface area (Å²) < 4.78 is 0. The third-order valence-corrected chi connectivity index (χ3v) is 3.23. The lowest BCUT2D eigenvalue weighted by atomic mass is 9.97. The molecule has 0 saturated heterocycles. The molecule has 0 aliphatic carbocycles. The van der Waals surface area contributed by atoms with Gasteiger partial charge >= 0.3 is 0 Å². The first-order valence-electron chi connectivity index (χ1n) is 5.84. The molecule has 0 bridgehead atoms. The molecule has 2 rings (SSSR count).